The van der Waals surface area contributed by atoms with Gasteiger partial charge in [0.05, 0.1) is 9.99 Å². The number of hydrogen-bond donors (Lipinski definition) is 1. The predicted octanol–water partition coefficient (Wildman–Crippen LogP) is 4.49. The molecular formula is C17H19BrN4. The summed E-state index contributed by atoms with van der Waals surface area (Å²) in [5, 5.41) is 8.65. The molecule has 3 rings (SSSR count). The van der Waals surface area contributed by atoms with Gasteiger partial charge in [0.15, 0.2) is 0 Å². The zero-order chi connectivity index (χ0) is 15.9. The highest BCUT2D eigenvalue weighted by molar-refractivity contribution is 9.10. The third-order valence-electron chi connectivity index (χ3n) is 3.47. The molecule has 0 spiro atoms. The molecule has 2 aromatic carbocycles. The molecule has 0 bridgehead atoms. The number of hydrogen-bond acceptors (Lipinski definition) is 3. The van der Waals surface area contributed by atoms with Crippen molar-refractivity contribution in [2.24, 2.45) is 5.41 Å². The minimum Gasteiger partial charge on any atom is -0.399 e. The fourth-order valence-corrected chi connectivity index (χ4v) is 3.10. The van der Waals surface area contributed by atoms with Gasteiger partial charge in [-0.1, -0.05) is 44.2 Å². The summed E-state index contributed by atoms with van der Waals surface area (Å²) in [6.07, 6.45) is 0. The maximum Gasteiger partial charge on any atom is 0.127 e. The molecule has 0 aliphatic carbocycles. The smallest absolute Gasteiger partial charge is 0.127 e. The number of aromatic nitrogens is 3. The number of nitrogens with two attached hydrogens (primary N) is 1. The predicted molar refractivity (Wildman–Crippen MR) is 94.5 cm³/mol. The molecular weight excluding hydrogens is 340 g/mol. The van der Waals surface area contributed by atoms with Gasteiger partial charge < -0.3 is 5.73 Å². The van der Waals surface area contributed by atoms with E-state index in [-0.39, 0.29) is 5.41 Å². The van der Waals surface area contributed by atoms with Crippen LogP contribution in [0.15, 0.2) is 40.9 Å². The quantitative estimate of drug-likeness (QED) is 0.686. The minimum atomic E-state index is 0.155. The van der Waals surface area contributed by atoms with Crippen LogP contribution in [0.1, 0.15) is 20.8 Å². The van der Waals surface area contributed by atoms with Crippen LogP contribution in [0.3, 0.4) is 0 Å². The Kier molecular flexibility index (Phi) is 3.68. The van der Waals surface area contributed by atoms with E-state index < -0.39 is 0 Å². The number of fused-ring (bicyclic) bond motifs is 1. The Morgan fingerprint density at radius 3 is 2.41 bits per heavy atom. The second kappa shape index (κ2) is 5.39. The van der Waals surface area contributed by atoms with Gasteiger partial charge in [-0.05, 0) is 50.7 Å². The molecule has 114 valence electrons. The molecule has 0 saturated carbocycles. The van der Waals surface area contributed by atoms with Crippen molar-refractivity contribution in [3.05, 3.63) is 40.9 Å². The second-order valence-electron chi connectivity index (χ2n) is 6.72. The molecule has 2 N–H and O–H groups in total. The largest absolute Gasteiger partial charge is 0.399 e. The van der Waals surface area contributed by atoms with Gasteiger partial charge in [-0.2, -0.15) is 0 Å². The van der Waals surface area contributed by atoms with Crippen LogP contribution in [-0.2, 0) is 6.54 Å². The Hall–Kier alpha value is -1.88. The number of nitrogens with zero attached hydrogens (tertiary/aromatic N) is 3. The maximum atomic E-state index is 5.76. The third kappa shape index (κ3) is 2.86. The van der Waals surface area contributed by atoms with Crippen LogP contribution in [-0.4, -0.2) is 15.0 Å². The van der Waals surface area contributed by atoms with E-state index in [1.807, 2.05) is 28.9 Å². The minimum absolute atomic E-state index is 0.155. The van der Waals surface area contributed by atoms with Gasteiger partial charge >= 0.3 is 0 Å². The summed E-state index contributed by atoms with van der Waals surface area (Å²) in [6, 6.07) is 12.0. The molecule has 0 saturated heterocycles. The average Bonchev–Trinajstić information content (AvgIpc) is 2.83. The summed E-state index contributed by atoms with van der Waals surface area (Å²) in [7, 11) is 0. The van der Waals surface area contributed by atoms with E-state index in [0.717, 1.165) is 38.9 Å². The molecule has 0 atom stereocenters. The van der Waals surface area contributed by atoms with E-state index in [9.17, 15) is 0 Å². The van der Waals surface area contributed by atoms with Gasteiger partial charge in [0, 0.05) is 12.2 Å². The lowest BCUT2D eigenvalue weighted by atomic mass is 9.97. The van der Waals surface area contributed by atoms with Crippen molar-refractivity contribution in [3.8, 4) is 11.1 Å². The van der Waals surface area contributed by atoms with Crippen LogP contribution in [0.25, 0.3) is 22.2 Å². The van der Waals surface area contributed by atoms with Crippen LogP contribution >= 0.6 is 15.9 Å². The number of anilines is 1. The zero-order valence-electron chi connectivity index (χ0n) is 13.0. The highest BCUT2D eigenvalue weighted by atomic mass is 79.9. The van der Waals surface area contributed by atoms with Crippen LogP contribution in [0.4, 0.5) is 5.69 Å². The Labute approximate surface area is 138 Å². The van der Waals surface area contributed by atoms with E-state index in [4.69, 9.17) is 5.73 Å². The summed E-state index contributed by atoms with van der Waals surface area (Å²) in [5.41, 5.74) is 10.8. The second-order valence-corrected chi connectivity index (χ2v) is 7.52. The first-order valence-corrected chi connectivity index (χ1v) is 8.02. The van der Waals surface area contributed by atoms with Gasteiger partial charge in [0.25, 0.3) is 0 Å². The number of benzene rings is 2. The lowest BCUT2D eigenvalue weighted by Gasteiger charge is -2.18. The molecule has 22 heavy (non-hydrogen) atoms. The molecule has 0 amide bonds. The lowest BCUT2D eigenvalue weighted by molar-refractivity contribution is 0.327. The third-order valence-corrected chi connectivity index (χ3v) is 4.27. The summed E-state index contributed by atoms with van der Waals surface area (Å²) < 4.78 is 2.93. The van der Waals surface area contributed by atoms with Crippen LogP contribution in [0, 0.1) is 5.41 Å². The number of rotatable bonds is 2. The Morgan fingerprint density at radius 2 is 1.77 bits per heavy atom. The number of nitrogen functional groups attached to an aromatic ring is 1. The van der Waals surface area contributed by atoms with Crippen LogP contribution in [0.2, 0.25) is 0 Å². The molecule has 4 nitrogen and oxygen atoms in total. The number of halogens is 1. The van der Waals surface area contributed by atoms with Crippen molar-refractivity contribution in [1.29, 1.82) is 0 Å². The standard InChI is InChI=1S/C17H19BrN4/c1-17(2,3)10-22-14-9-8-13(15(18)16(14)20-21-22)11-4-6-12(19)7-5-11/h4-9H,10,19H2,1-3H3. The first kappa shape index (κ1) is 15.0. The summed E-state index contributed by atoms with van der Waals surface area (Å²) >= 11 is 3.68. The summed E-state index contributed by atoms with van der Waals surface area (Å²) in [4.78, 5) is 0. The molecule has 0 unspecified atom stereocenters. The van der Waals surface area contributed by atoms with Gasteiger partial charge in [-0.25, -0.2) is 4.68 Å². The van der Waals surface area contributed by atoms with Gasteiger partial charge in [0.2, 0.25) is 0 Å². The van der Waals surface area contributed by atoms with E-state index in [2.05, 4.69) is 59.1 Å². The summed E-state index contributed by atoms with van der Waals surface area (Å²) in [5.74, 6) is 0. The highest BCUT2D eigenvalue weighted by Gasteiger charge is 2.17. The molecule has 5 heteroatoms. The Bertz CT molecular complexity index is 813. The zero-order valence-corrected chi connectivity index (χ0v) is 14.6. The van der Waals surface area contributed by atoms with Gasteiger partial charge in [0.1, 0.15) is 5.52 Å². The summed E-state index contributed by atoms with van der Waals surface area (Å²) in [6.45, 7) is 7.41. The fourth-order valence-electron chi connectivity index (χ4n) is 2.46. The average molecular weight is 359 g/mol. The SMILES string of the molecule is CC(C)(C)Cn1nnc2c(Br)c(-c3ccc(N)cc3)ccc21. The molecule has 0 aliphatic rings. The Morgan fingerprint density at radius 1 is 1.09 bits per heavy atom. The van der Waals surface area contributed by atoms with E-state index in [0.29, 0.717) is 0 Å². The lowest BCUT2D eigenvalue weighted by Crippen LogP contribution is -2.16. The van der Waals surface area contributed by atoms with Crippen molar-refractivity contribution in [2.75, 3.05) is 5.73 Å². The van der Waals surface area contributed by atoms with Crippen molar-refractivity contribution in [3.63, 3.8) is 0 Å². The Balaban J connectivity index is 2.09. The molecule has 0 aliphatic heterocycles. The molecule has 0 radical (unpaired) electrons. The van der Waals surface area contributed by atoms with E-state index in [1.165, 1.54) is 0 Å². The van der Waals surface area contributed by atoms with Crippen molar-refractivity contribution in [2.45, 2.75) is 27.3 Å². The van der Waals surface area contributed by atoms with Crippen LogP contribution < -0.4 is 5.73 Å². The monoisotopic (exact) mass is 358 g/mol. The van der Waals surface area contributed by atoms with Crippen molar-refractivity contribution in [1.82, 2.24) is 15.0 Å². The normalized spacial score (nSPS) is 12.0. The van der Waals surface area contributed by atoms with Gasteiger partial charge in [-0.3, -0.25) is 0 Å². The maximum absolute atomic E-state index is 5.76. The van der Waals surface area contributed by atoms with Gasteiger partial charge in [-0.15, -0.1) is 5.10 Å². The molecule has 1 aromatic heterocycles. The first-order chi connectivity index (χ1) is 10.3. The van der Waals surface area contributed by atoms with Crippen molar-refractivity contribution < 1.29 is 0 Å². The van der Waals surface area contributed by atoms with E-state index in [1.54, 1.807) is 0 Å². The topological polar surface area (TPSA) is 56.7 Å². The molecule has 0 fully saturated rings. The highest BCUT2D eigenvalue weighted by Crippen LogP contribution is 2.34. The van der Waals surface area contributed by atoms with E-state index >= 15 is 0 Å². The molecule has 3 aromatic rings. The van der Waals surface area contributed by atoms with Crippen LogP contribution in [0.5, 0.6) is 0 Å². The molecule has 1 heterocycles. The van der Waals surface area contributed by atoms with Crippen molar-refractivity contribution >= 4 is 32.7 Å². The fraction of sp³-hybridized carbons (Fsp3) is 0.294. The first-order valence-electron chi connectivity index (χ1n) is 7.23.